The van der Waals surface area contributed by atoms with E-state index in [9.17, 15) is 48.0 Å². The van der Waals surface area contributed by atoms with Crippen LogP contribution >= 0.6 is 0 Å². The number of rotatable bonds is 9. The van der Waals surface area contributed by atoms with Gasteiger partial charge in [0.25, 0.3) is 0 Å². The Morgan fingerprint density at radius 1 is 1.10 bits per heavy atom. The minimum atomic E-state index is -7.13. The summed E-state index contributed by atoms with van der Waals surface area (Å²) >= 11 is 0. The van der Waals surface area contributed by atoms with Crippen LogP contribution in [0.25, 0.3) is 0 Å². The second kappa shape index (κ2) is 7.60. The Labute approximate surface area is 160 Å². The van der Waals surface area contributed by atoms with E-state index in [2.05, 4.69) is 10.8 Å². The van der Waals surface area contributed by atoms with Crippen LogP contribution in [0.3, 0.4) is 0 Å². The van der Waals surface area contributed by atoms with Crippen molar-refractivity contribution in [2.75, 3.05) is 0 Å². The second-order valence-corrected chi connectivity index (χ2v) is 8.62. The second-order valence-electron chi connectivity index (χ2n) is 5.57. The fourth-order valence-electron chi connectivity index (χ4n) is 1.85. The lowest BCUT2D eigenvalue weighted by Crippen LogP contribution is -2.61. The number of ketones is 1. The van der Waals surface area contributed by atoms with Gasteiger partial charge in [0.15, 0.2) is 5.78 Å². The molecular formula is C14H12F6O7S2. The van der Waals surface area contributed by atoms with Gasteiger partial charge in [-0.1, -0.05) is 18.7 Å². The molecule has 0 amide bonds. The monoisotopic (exact) mass is 470 g/mol. The topological polar surface area (TPSA) is 115 Å². The van der Waals surface area contributed by atoms with E-state index in [0.717, 1.165) is 25.1 Å². The lowest BCUT2D eigenvalue weighted by molar-refractivity contribution is -0.247. The lowest BCUT2D eigenvalue weighted by Gasteiger charge is -2.29. The van der Waals surface area contributed by atoms with Crippen LogP contribution in [0.5, 0.6) is 5.75 Å². The molecule has 0 atom stereocenters. The molecule has 0 saturated heterocycles. The molecule has 1 N–H and O–H groups in total. The molecule has 0 unspecified atom stereocenters. The first kappa shape index (κ1) is 24.9. The Bertz CT molecular complexity index is 1030. The molecule has 0 radical (unpaired) electrons. The van der Waals surface area contributed by atoms with Crippen molar-refractivity contribution in [1.82, 2.24) is 0 Å². The molecule has 0 aromatic heterocycles. The molecule has 0 heterocycles. The fourth-order valence-corrected chi connectivity index (χ4v) is 3.33. The zero-order valence-electron chi connectivity index (χ0n) is 14.2. The summed E-state index contributed by atoms with van der Waals surface area (Å²) in [5.41, 5.74) is -0.0317. The largest absolute Gasteiger partial charge is 0.450 e. The van der Waals surface area contributed by atoms with Gasteiger partial charge < -0.3 is 4.18 Å². The van der Waals surface area contributed by atoms with Gasteiger partial charge in [0.1, 0.15) is 5.75 Å². The van der Waals surface area contributed by atoms with Crippen molar-refractivity contribution >= 4 is 26.0 Å². The van der Waals surface area contributed by atoms with Gasteiger partial charge in [-0.25, -0.2) is 0 Å². The quantitative estimate of drug-likeness (QED) is 0.255. The molecule has 7 nitrogen and oxygen atoms in total. The van der Waals surface area contributed by atoms with Crippen molar-refractivity contribution in [3.8, 4) is 5.75 Å². The highest BCUT2D eigenvalue weighted by atomic mass is 32.2. The van der Waals surface area contributed by atoms with Gasteiger partial charge in [-0.3, -0.25) is 9.35 Å². The summed E-state index contributed by atoms with van der Waals surface area (Å²) in [7, 11) is -14.0. The van der Waals surface area contributed by atoms with E-state index in [1.807, 2.05) is 0 Å². The van der Waals surface area contributed by atoms with Crippen LogP contribution < -0.4 is 4.18 Å². The average Bonchev–Trinajstić information content (AvgIpc) is 2.55. The molecule has 0 aliphatic rings. The summed E-state index contributed by atoms with van der Waals surface area (Å²) in [6, 6.07) is 2.76. The Balaban J connectivity index is 3.35. The van der Waals surface area contributed by atoms with Crippen molar-refractivity contribution in [3.05, 3.63) is 42.0 Å². The number of alkyl halides is 6. The molecular weight excluding hydrogens is 458 g/mol. The van der Waals surface area contributed by atoms with Crippen LogP contribution in [0.4, 0.5) is 26.3 Å². The number of carbonyl (C=O) groups excluding carboxylic acids is 1. The first-order chi connectivity index (χ1) is 12.8. The van der Waals surface area contributed by atoms with Crippen LogP contribution in [0.15, 0.2) is 30.9 Å². The van der Waals surface area contributed by atoms with Gasteiger partial charge in [0, 0.05) is 6.42 Å². The van der Waals surface area contributed by atoms with Gasteiger partial charge in [-0.2, -0.15) is 43.2 Å². The molecule has 15 heteroatoms. The van der Waals surface area contributed by atoms with Crippen molar-refractivity contribution in [2.45, 2.75) is 29.8 Å². The Kier molecular flexibility index (Phi) is 6.53. The molecule has 1 aromatic rings. The summed E-state index contributed by atoms with van der Waals surface area (Å²) in [5.74, 6) is -8.55. The normalized spacial score (nSPS) is 13.8. The smallest absolute Gasteiger partial charge is 0.378 e. The highest BCUT2D eigenvalue weighted by Gasteiger charge is 2.83. The molecule has 1 aromatic carbocycles. The van der Waals surface area contributed by atoms with E-state index in [4.69, 9.17) is 4.55 Å². The first-order valence-electron chi connectivity index (χ1n) is 7.11. The van der Waals surface area contributed by atoms with E-state index in [1.165, 1.54) is 0 Å². The minimum Gasteiger partial charge on any atom is -0.378 e. The maximum absolute atomic E-state index is 13.7. The molecule has 164 valence electrons. The zero-order valence-corrected chi connectivity index (χ0v) is 15.8. The van der Waals surface area contributed by atoms with Crippen molar-refractivity contribution in [2.24, 2.45) is 0 Å². The molecule has 1 rings (SSSR count). The average molecular weight is 470 g/mol. The summed E-state index contributed by atoms with van der Waals surface area (Å²) < 4.78 is 136. The summed E-state index contributed by atoms with van der Waals surface area (Å²) in [6.45, 7) is 4.27. The number of allylic oxidation sites excluding steroid dienone is 1. The summed E-state index contributed by atoms with van der Waals surface area (Å²) in [6.07, 6.45) is 0.731. The number of benzene rings is 1. The highest BCUT2D eigenvalue weighted by Crippen LogP contribution is 2.51. The van der Waals surface area contributed by atoms with Crippen LogP contribution in [-0.4, -0.2) is 43.6 Å². The maximum atomic E-state index is 13.7. The maximum Gasteiger partial charge on any atom is 0.450 e. The number of halogens is 6. The Morgan fingerprint density at radius 3 is 2.03 bits per heavy atom. The molecule has 0 fully saturated rings. The van der Waals surface area contributed by atoms with Gasteiger partial charge in [-0.15, -0.1) is 0 Å². The molecule has 0 aliphatic carbocycles. The SMILES string of the molecule is C=CC(=O)Cc1ccc(OS(=O)(=O)C(F)(F)C(F)(F)C(F)(F)S(=O)(=O)O)c(C)c1. The molecule has 0 saturated carbocycles. The third-order valence-electron chi connectivity index (χ3n) is 3.41. The third kappa shape index (κ3) is 4.40. The molecule has 0 spiro atoms. The van der Waals surface area contributed by atoms with Gasteiger partial charge in [0.2, 0.25) is 0 Å². The van der Waals surface area contributed by atoms with Crippen LogP contribution in [-0.2, 0) is 31.5 Å². The van der Waals surface area contributed by atoms with Gasteiger partial charge in [-0.05, 0) is 30.2 Å². The Hall–Kier alpha value is -2.13. The third-order valence-corrected chi connectivity index (χ3v) is 5.60. The van der Waals surface area contributed by atoms with E-state index in [1.54, 1.807) is 0 Å². The first-order valence-corrected chi connectivity index (χ1v) is 9.96. The van der Waals surface area contributed by atoms with Crippen LogP contribution in [0, 0.1) is 6.92 Å². The predicted octanol–water partition coefficient (Wildman–Crippen LogP) is 2.71. The number of carbonyl (C=O) groups is 1. The molecule has 29 heavy (non-hydrogen) atoms. The van der Waals surface area contributed by atoms with Gasteiger partial charge in [0.05, 0.1) is 0 Å². The predicted molar refractivity (Wildman–Crippen MR) is 86.0 cm³/mol. The molecule has 0 bridgehead atoms. The van der Waals surface area contributed by atoms with Crippen LogP contribution in [0.1, 0.15) is 11.1 Å². The van der Waals surface area contributed by atoms with E-state index in [-0.39, 0.29) is 17.5 Å². The van der Waals surface area contributed by atoms with Crippen LogP contribution in [0.2, 0.25) is 0 Å². The summed E-state index contributed by atoms with van der Waals surface area (Å²) in [5, 5.41) is -13.6. The summed E-state index contributed by atoms with van der Waals surface area (Å²) in [4.78, 5) is 11.3. The van der Waals surface area contributed by atoms with Crippen molar-refractivity contribution < 1.29 is 56.7 Å². The number of hydrogen-bond acceptors (Lipinski definition) is 6. The zero-order chi connectivity index (χ0) is 23.1. The number of hydrogen-bond donors (Lipinski definition) is 1. The highest BCUT2D eigenvalue weighted by molar-refractivity contribution is 7.88. The van der Waals surface area contributed by atoms with E-state index < -0.39 is 48.2 Å². The fraction of sp³-hybridized carbons (Fsp3) is 0.357. The Morgan fingerprint density at radius 2 is 1.62 bits per heavy atom. The number of aryl methyl sites for hydroxylation is 1. The lowest BCUT2D eigenvalue weighted by atomic mass is 10.1. The standard InChI is InChI=1S/C14H12F6O7S2/c1-3-10(21)7-9-4-5-11(8(2)6-9)27-29(25,26)14(19,20)12(15,16)13(17,18)28(22,23)24/h3-6H,1,7H2,2H3,(H,22,23,24). The van der Waals surface area contributed by atoms with Crippen molar-refractivity contribution in [3.63, 3.8) is 0 Å². The van der Waals surface area contributed by atoms with E-state index in [0.29, 0.717) is 6.07 Å². The minimum absolute atomic E-state index is 0.229. The van der Waals surface area contributed by atoms with Gasteiger partial charge >= 0.3 is 36.7 Å². The van der Waals surface area contributed by atoms with E-state index >= 15 is 0 Å². The van der Waals surface area contributed by atoms with Crippen molar-refractivity contribution in [1.29, 1.82) is 0 Å². The molecule has 0 aliphatic heterocycles.